The molecule has 8 nitrogen and oxygen atoms in total. The topological polar surface area (TPSA) is 94.6 Å². The molecule has 1 atom stereocenters. The fraction of sp³-hybridized carbons (Fsp3) is 0.231. The molecule has 198 valence electrons. The van der Waals surface area contributed by atoms with Crippen molar-refractivity contribution in [3.8, 4) is 16.9 Å². The molecule has 0 saturated heterocycles. The lowest BCUT2D eigenvalue weighted by atomic mass is 9.90. The van der Waals surface area contributed by atoms with Crippen molar-refractivity contribution < 1.29 is 41.5 Å². The number of nitrogens with zero attached hydrogens (tertiary/aromatic N) is 2. The summed E-state index contributed by atoms with van der Waals surface area (Å²) in [5.74, 6) is -0.924. The highest BCUT2D eigenvalue weighted by Crippen LogP contribution is 2.37. The van der Waals surface area contributed by atoms with Crippen LogP contribution in [0.25, 0.3) is 11.1 Å². The first-order valence-corrected chi connectivity index (χ1v) is 11.8. The zero-order valence-corrected chi connectivity index (χ0v) is 20.8. The van der Waals surface area contributed by atoms with Crippen LogP contribution in [0.3, 0.4) is 0 Å². The van der Waals surface area contributed by atoms with Gasteiger partial charge in [-0.2, -0.15) is 4.48 Å². The van der Waals surface area contributed by atoms with Crippen molar-refractivity contribution in [3.05, 3.63) is 76.4 Å². The molecule has 3 amide bonds. The van der Waals surface area contributed by atoms with Gasteiger partial charge in [0.25, 0.3) is 6.47 Å². The quantitative estimate of drug-likeness (QED) is 0.213. The predicted molar refractivity (Wildman–Crippen MR) is 132 cm³/mol. The second-order valence-electron chi connectivity index (χ2n) is 8.72. The van der Waals surface area contributed by atoms with Crippen LogP contribution >= 0.6 is 11.6 Å². The maximum absolute atomic E-state index is 13.9. The van der Waals surface area contributed by atoms with E-state index in [4.69, 9.17) is 16.3 Å². The number of imide groups is 1. The van der Waals surface area contributed by atoms with E-state index in [9.17, 15) is 27.6 Å². The molecule has 38 heavy (non-hydrogen) atoms. The molecule has 1 unspecified atom stereocenters. The smallest absolute Gasteiger partial charge is 0.468 e. The molecule has 3 aromatic rings. The average Bonchev–Trinajstić information content (AvgIpc) is 2.86. The first-order chi connectivity index (χ1) is 18.0. The highest BCUT2D eigenvalue weighted by molar-refractivity contribution is 6.30. The Labute approximate surface area is 220 Å². The van der Waals surface area contributed by atoms with Crippen molar-refractivity contribution in [2.24, 2.45) is 0 Å². The van der Waals surface area contributed by atoms with Crippen LogP contribution in [0.4, 0.5) is 23.8 Å². The Balaban J connectivity index is 1.84. The molecule has 2 heterocycles. The molecule has 0 radical (unpaired) electrons. The maximum Gasteiger partial charge on any atom is 0.573 e. The normalized spacial score (nSPS) is 17.0. The molecule has 1 aliphatic heterocycles. The number of nitrogens with one attached hydrogen (secondary N) is 1. The van der Waals surface area contributed by atoms with Crippen LogP contribution in [0.5, 0.6) is 5.75 Å². The van der Waals surface area contributed by atoms with Gasteiger partial charge in [-0.1, -0.05) is 35.9 Å². The highest BCUT2D eigenvalue weighted by atomic mass is 35.5. The largest absolute Gasteiger partial charge is 0.573 e. The molecule has 0 spiro atoms. The summed E-state index contributed by atoms with van der Waals surface area (Å²) in [6.07, 6.45) is -3.05. The molecular weight excluding hydrogens is 527 g/mol. The number of hydrogen-bond donors (Lipinski definition) is 1. The van der Waals surface area contributed by atoms with Crippen molar-refractivity contribution in [1.82, 2.24) is 4.98 Å². The molecule has 4 rings (SSSR count). The van der Waals surface area contributed by atoms with Crippen LogP contribution in [0.1, 0.15) is 27.9 Å². The van der Waals surface area contributed by atoms with E-state index in [1.807, 2.05) is 0 Å². The number of alkyl halides is 3. The van der Waals surface area contributed by atoms with E-state index in [1.54, 1.807) is 30.3 Å². The van der Waals surface area contributed by atoms with Crippen LogP contribution in [-0.4, -0.2) is 54.4 Å². The lowest BCUT2D eigenvalue weighted by molar-refractivity contribution is -0.743. The molecule has 0 bridgehead atoms. The Bertz CT molecular complexity index is 1380. The number of rotatable bonds is 9. The molecule has 12 heteroatoms. The summed E-state index contributed by atoms with van der Waals surface area (Å²) in [5.41, 5.74) is 2.10. The summed E-state index contributed by atoms with van der Waals surface area (Å²) in [6, 6.07) is 11.6. The predicted octanol–water partition coefficient (Wildman–Crippen LogP) is 5.59. The van der Waals surface area contributed by atoms with E-state index in [1.165, 1.54) is 31.4 Å². The standard InChI is InChI=1S/C26H21ClF3N3O5/c1-33(10-3-11-37-15-34)24(35)22-20(12-16-6-8-18(27)9-7-16)21(14-31-23(22)32-25(33)36)17-4-2-5-19(13-17)38-26(28,29)30/h2,4-9,13-15H,3,10-12H2,1H3/p+1. The van der Waals surface area contributed by atoms with Crippen molar-refractivity contribution in [1.29, 1.82) is 0 Å². The molecule has 1 aromatic heterocycles. The van der Waals surface area contributed by atoms with Gasteiger partial charge in [-0.15, -0.1) is 13.2 Å². The number of ether oxygens (including phenoxy) is 2. The maximum atomic E-state index is 13.9. The number of fused-ring (bicyclic) bond motifs is 1. The zero-order valence-electron chi connectivity index (χ0n) is 20.0. The van der Waals surface area contributed by atoms with Crippen LogP contribution in [0.15, 0.2) is 54.7 Å². The third kappa shape index (κ3) is 5.79. The van der Waals surface area contributed by atoms with E-state index in [2.05, 4.69) is 15.0 Å². The molecule has 1 aliphatic rings. The average molecular weight is 549 g/mol. The Morgan fingerprint density at radius 2 is 1.87 bits per heavy atom. The van der Waals surface area contributed by atoms with Crippen LogP contribution in [0, 0.1) is 0 Å². The number of urea groups is 1. The van der Waals surface area contributed by atoms with E-state index >= 15 is 0 Å². The third-order valence-corrected chi connectivity index (χ3v) is 6.38. The second kappa shape index (κ2) is 10.8. The minimum atomic E-state index is -4.88. The summed E-state index contributed by atoms with van der Waals surface area (Å²) in [4.78, 5) is 41.6. The van der Waals surface area contributed by atoms with Crippen molar-refractivity contribution in [2.45, 2.75) is 19.2 Å². The monoisotopic (exact) mass is 548 g/mol. The van der Waals surface area contributed by atoms with Crippen molar-refractivity contribution >= 4 is 35.8 Å². The minimum Gasteiger partial charge on any atom is -0.468 e. The number of benzene rings is 2. The number of carbonyl (C=O) groups excluding carboxylic acids is 3. The summed E-state index contributed by atoms with van der Waals surface area (Å²) in [7, 11) is 1.44. The van der Waals surface area contributed by atoms with Gasteiger partial charge in [0.15, 0.2) is 5.82 Å². The third-order valence-electron chi connectivity index (χ3n) is 6.13. The van der Waals surface area contributed by atoms with Gasteiger partial charge in [0.1, 0.15) is 11.3 Å². The number of aromatic nitrogens is 1. The number of quaternary nitrogens is 1. The Morgan fingerprint density at radius 3 is 2.55 bits per heavy atom. The van der Waals surface area contributed by atoms with Gasteiger partial charge in [0.05, 0.1) is 20.2 Å². The van der Waals surface area contributed by atoms with Crippen molar-refractivity contribution in [2.75, 3.05) is 25.5 Å². The van der Waals surface area contributed by atoms with Gasteiger partial charge < -0.3 is 9.47 Å². The molecule has 0 aliphatic carbocycles. The first-order valence-electron chi connectivity index (χ1n) is 11.4. The summed E-state index contributed by atoms with van der Waals surface area (Å²) in [5, 5.41) is 3.18. The van der Waals surface area contributed by atoms with Crippen LogP contribution in [-0.2, 0) is 16.0 Å². The Kier molecular flexibility index (Phi) is 7.70. The summed E-state index contributed by atoms with van der Waals surface area (Å²) in [6.45, 7) is 0.342. The van der Waals surface area contributed by atoms with E-state index in [-0.39, 0.29) is 43.8 Å². The summed E-state index contributed by atoms with van der Waals surface area (Å²) < 4.78 is 46.7. The second-order valence-corrected chi connectivity index (χ2v) is 9.16. The van der Waals surface area contributed by atoms with E-state index < -0.39 is 28.5 Å². The number of anilines is 1. The van der Waals surface area contributed by atoms with Gasteiger partial charge in [-0.25, -0.2) is 14.6 Å². The number of amides is 3. The minimum absolute atomic E-state index is 0.0205. The zero-order chi connectivity index (χ0) is 27.5. The Morgan fingerprint density at radius 1 is 1.13 bits per heavy atom. The Hall–Kier alpha value is -3.96. The van der Waals surface area contributed by atoms with Gasteiger partial charge >= 0.3 is 18.3 Å². The van der Waals surface area contributed by atoms with Crippen LogP contribution < -0.4 is 10.1 Å². The SMILES string of the molecule is C[N+]1(CCCOC=O)C(=O)Nc2ncc(-c3cccc(OC(F)(F)F)c3)c(Cc3ccc(Cl)cc3)c2C1=O. The van der Waals surface area contributed by atoms with Gasteiger partial charge in [-0.05, 0) is 47.4 Å². The molecule has 0 saturated carbocycles. The fourth-order valence-corrected chi connectivity index (χ4v) is 4.38. The lowest BCUT2D eigenvalue weighted by Crippen LogP contribution is -2.59. The highest BCUT2D eigenvalue weighted by Gasteiger charge is 2.48. The van der Waals surface area contributed by atoms with Gasteiger partial charge in [0.2, 0.25) is 0 Å². The van der Waals surface area contributed by atoms with Gasteiger partial charge in [0, 0.05) is 23.2 Å². The number of hydrogen-bond acceptors (Lipinski definition) is 6. The lowest BCUT2D eigenvalue weighted by Gasteiger charge is -2.34. The first kappa shape index (κ1) is 27.1. The van der Waals surface area contributed by atoms with Crippen LogP contribution in [0.2, 0.25) is 5.02 Å². The number of halogens is 4. The fourth-order valence-electron chi connectivity index (χ4n) is 4.25. The van der Waals surface area contributed by atoms with E-state index in [0.717, 1.165) is 5.56 Å². The molecular formula is C26H22ClF3N3O5+. The van der Waals surface area contributed by atoms with Gasteiger partial charge in [-0.3, -0.25) is 10.1 Å². The molecule has 0 fully saturated rings. The number of pyridine rings is 1. The molecule has 1 N–H and O–H groups in total. The van der Waals surface area contributed by atoms with E-state index in [0.29, 0.717) is 21.7 Å². The molecule has 2 aromatic carbocycles. The summed E-state index contributed by atoms with van der Waals surface area (Å²) >= 11 is 6.02. The van der Waals surface area contributed by atoms with Crippen molar-refractivity contribution in [3.63, 3.8) is 0 Å². The number of carbonyl (C=O) groups is 3.